The van der Waals surface area contributed by atoms with Crippen molar-refractivity contribution >= 4 is 0 Å². The number of hydrogen-bond donors (Lipinski definition) is 1. The molecule has 1 aromatic rings. The number of ether oxygens (including phenoxy) is 1. The Morgan fingerprint density at radius 3 is 2.86 bits per heavy atom. The van der Waals surface area contributed by atoms with Crippen LogP contribution in [0.15, 0.2) is 24.3 Å². The first-order valence-electron chi connectivity index (χ1n) is 7.17. The number of aliphatic hydroxyl groups is 1. The maximum absolute atomic E-state index is 12.8. The molecular formula is C15H18F3NO2. The molecule has 0 amide bonds. The fourth-order valence-corrected chi connectivity index (χ4v) is 3.13. The Morgan fingerprint density at radius 1 is 1.29 bits per heavy atom. The highest BCUT2D eigenvalue weighted by molar-refractivity contribution is 5.29. The maximum atomic E-state index is 12.8. The van der Waals surface area contributed by atoms with Gasteiger partial charge in [-0.15, -0.1) is 0 Å². The van der Waals surface area contributed by atoms with Crippen LogP contribution in [0.4, 0.5) is 13.2 Å². The maximum Gasteiger partial charge on any atom is 0.416 e. The van der Waals surface area contributed by atoms with E-state index < -0.39 is 17.5 Å². The van der Waals surface area contributed by atoms with Gasteiger partial charge in [-0.05, 0) is 31.5 Å². The molecule has 0 spiro atoms. The Labute approximate surface area is 121 Å². The second-order valence-corrected chi connectivity index (χ2v) is 5.79. The van der Waals surface area contributed by atoms with Crippen molar-refractivity contribution < 1.29 is 23.0 Å². The molecule has 2 aliphatic rings. The van der Waals surface area contributed by atoms with E-state index in [0.717, 1.165) is 37.9 Å². The molecule has 0 radical (unpaired) electrons. The number of piperidine rings is 1. The Bertz CT molecular complexity index is 520. The molecule has 1 N–H and O–H groups in total. The van der Waals surface area contributed by atoms with Gasteiger partial charge in [-0.25, -0.2) is 0 Å². The first kappa shape index (κ1) is 14.8. The zero-order valence-corrected chi connectivity index (χ0v) is 11.6. The number of halogens is 3. The Morgan fingerprint density at radius 2 is 2.10 bits per heavy atom. The van der Waals surface area contributed by atoms with Crippen LogP contribution in [0.5, 0.6) is 0 Å². The van der Waals surface area contributed by atoms with Crippen molar-refractivity contribution in [3.8, 4) is 0 Å². The standard InChI is InChI=1S/C15H18F3NO2/c16-15(17,18)12-5-3-4-11(8-12)14(20)10-19-7-2-1-6-13(19)9-21-14/h3-5,8,13,20H,1-2,6-7,9-10H2. The van der Waals surface area contributed by atoms with E-state index in [4.69, 9.17) is 4.74 Å². The van der Waals surface area contributed by atoms with Crippen LogP contribution >= 0.6 is 0 Å². The van der Waals surface area contributed by atoms with Crippen molar-refractivity contribution in [1.29, 1.82) is 0 Å². The van der Waals surface area contributed by atoms with Crippen LogP contribution in [-0.4, -0.2) is 35.7 Å². The van der Waals surface area contributed by atoms with Gasteiger partial charge in [0, 0.05) is 11.6 Å². The molecule has 3 nitrogen and oxygen atoms in total. The summed E-state index contributed by atoms with van der Waals surface area (Å²) in [7, 11) is 0. The minimum atomic E-state index is -4.42. The molecule has 1 aromatic carbocycles. The summed E-state index contributed by atoms with van der Waals surface area (Å²) in [5.74, 6) is -1.66. The quantitative estimate of drug-likeness (QED) is 0.866. The summed E-state index contributed by atoms with van der Waals surface area (Å²) in [4.78, 5) is 2.12. The summed E-state index contributed by atoms with van der Waals surface area (Å²) in [5.41, 5.74) is -0.598. The highest BCUT2D eigenvalue weighted by Crippen LogP contribution is 2.36. The molecular weight excluding hydrogens is 283 g/mol. The number of benzene rings is 1. The van der Waals surface area contributed by atoms with Gasteiger partial charge in [0.2, 0.25) is 5.79 Å². The summed E-state index contributed by atoms with van der Waals surface area (Å²) in [5, 5.41) is 10.6. The van der Waals surface area contributed by atoms with Gasteiger partial charge in [-0.1, -0.05) is 18.6 Å². The lowest BCUT2D eigenvalue weighted by atomic mass is 9.95. The van der Waals surface area contributed by atoms with Crippen molar-refractivity contribution in [1.82, 2.24) is 4.90 Å². The highest BCUT2D eigenvalue weighted by Gasteiger charge is 2.42. The van der Waals surface area contributed by atoms with Crippen LogP contribution < -0.4 is 0 Å². The minimum absolute atomic E-state index is 0.168. The Kier molecular flexibility index (Phi) is 3.71. The van der Waals surface area contributed by atoms with Crippen molar-refractivity contribution in [3.63, 3.8) is 0 Å². The Balaban J connectivity index is 1.85. The normalized spacial score (nSPS) is 31.0. The largest absolute Gasteiger partial charge is 0.416 e. The van der Waals surface area contributed by atoms with Crippen LogP contribution in [0.1, 0.15) is 30.4 Å². The summed E-state index contributed by atoms with van der Waals surface area (Å²) < 4.78 is 43.9. The van der Waals surface area contributed by atoms with Gasteiger partial charge < -0.3 is 9.84 Å². The molecule has 3 rings (SSSR count). The average molecular weight is 301 g/mol. The summed E-state index contributed by atoms with van der Waals surface area (Å²) in [6, 6.07) is 5.04. The van der Waals surface area contributed by atoms with Gasteiger partial charge in [0.05, 0.1) is 18.7 Å². The predicted molar refractivity (Wildman–Crippen MR) is 70.5 cm³/mol. The van der Waals surface area contributed by atoms with Gasteiger partial charge in [0.25, 0.3) is 0 Å². The molecule has 2 atom stereocenters. The van der Waals surface area contributed by atoms with E-state index in [1.165, 1.54) is 12.1 Å². The van der Waals surface area contributed by atoms with Crippen LogP contribution in [-0.2, 0) is 16.7 Å². The number of nitrogens with zero attached hydrogens (tertiary/aromatic N) is 1. The van der Waals surface area contributed by atoms with Gasteiger partial charge in [-0.3, -0.25) is 4.90 Å². The van der Waals surface area contributed by atoms with Crippen LogP contribution in [0, 0.1) is 0 Å². The first-order chi connectivity index (χ1) is 9.88. The van der Waals surface area contributed by atoms with Gasteiger partial charge in [0.15, 0.2) is 0 Å². The average Bonchev–Trinajstić information content (AvgIpc) is 2.46. The van der Waals surface area contributed by atoms with Gasteiger partial charge >= 0.3 is 6.18 Å². The molecule has 0 aliphatic carbocycles. The number of alkyl halides is 3. The molecule has 2 saturated heterocycles. The number of hydrogen-bond acceptors (Lipinski definition) is 3. The smallest absolute Gasteiger partial charge is 0.361 e. The fraction of sp³-hybridized carbons (Fsp3) is 0.600. The first-order valence-corrected chi connectivity index (χ1v) is 7.17. The molecule has 116 valence electrons. The lowest BCUT2D eigenvalue weighted by Gasteiger charge is -2.46. The van der Waals surface area contributed by atoms with Crippen LogP contribution in [0.25, 0.3) is 0 Å². The SMILES string of the molecule is OC1(c2cccc(C(F)(F)F)c2)CN2CCCCC2CO1. The third-order valence-electron chi connectivity index (χ3n) is 4.32. The third-order valence-corrected chi connectivity index (χ3v) is 4.32. The molecule has 2 unspecified atom stereocenters. The number of rotatable bonds is 1. The van der Waals surface area contributed by atoms with E-state index >= 15 is 0 Å². The van der Waals surface area contributed by atoms with E-state index in [0.29, 0.717) is 6.61 Å². The monoisotopic (exact) mass is 301 g/mol. The zero-order valence-electron chi connectivity index (χ0n) is 11.6. The Hall–Kier alpha value is -1.11. The summed E-state index contributed by atoms with van der Waals surface area (Å²) in [6.45, 7) is 1.43. The van der Waals surface area contributed by atoms with Crippen molar-refractivity contribution in [2.24, 2.45) is 0 Å². The van der Waals surface area contributed by atoms with E-state index in [9.17, 15) is 18.3 Å². The molecule has 0 aromatic heterocycles. The van der Waals surface area contributed by atoms with Gasteiger partial charge in [0.1, 0.15) is 0 Å². The van der Waals surface area contributed by atoms with Crippen LogP contribution in [0.2, 0.25) is 0 Å². The molecule has 0 saturated carbocycles. The highest BCUT2D eigenvalue weighted by atomic mass is 19.4. The fourth-order valence-electron chi connectivity index (χ4n) is 3.13. The molecule has 2 aliphatic heterocycles. The number of morpholine rings is 1. The molecule has 6 heteroatoms. The number of fused-ring (bicyclic) bond motifs is 1. The third kappa shape index (κ3) is 2.93. The van der Waals surface area contributed by atoms with E-state index in [1.807, 2.05) is 0 Å². The van der Waals surface area contributed by atoms with Crippen molar-refractivity contribution in [2.45, 2.75) is 37.3 Å². The zero-order chi connectivity index (χ0) is 15.1. The topological polar surface area (TPSA) is 32.7 Å². The predicted octanol–water partition coefficient (Wildman–Crippen LogP) is 2.74. The van der Waals surface area contributed by atoms with Crippen LogP contribution in [0.3, 0.4) is 0 Å². The van der Waals surface area contributed by atoms with Gasteiger partial charge in [-0.2, -0.15) is 13.2 Å². The second-order valence-electron chi connectivity index (χ2n) is 5.79. The van der Waals surface area contributed by atoms with E-state index in [-0.39, 0.29) is 18.2 Å². The molecule has 21 heavy (non-hydrogen) atoms. The second kappa shape index (κ2) is 5.26. The summed E-state index contributed by atoms with van der Waals surface area (Å²) >= 11 is 0. The van der Waals surface area contributed by atoms with Crippen molar-refractivity contribution in [2.75, 3.05) is 19.7 Å². The lowest BCUT2D eigenvalue weighted by molar-refractivity contribution is -0.264. The molecule has 2 fully saturated rings. The summed E-state index contributed by atoms with van der Waals surface area (Å²) in [6.07, 6.45) is -1.23. The lowest BCUT2D eigenvalue weighted by Crippen LogP contribution is -2.56. The van der Waals surface area contributed by atoms with Crippen molar-refractivity contribution in [3.05, 3.63) is 35.4 Å². The van der Waals surface area contributed by atoms with E-state index in [2.05, 4.69) is 4.90 Å². The molecule has 2 heterocycles. The molecule has 0 bridgehead atoms. The minimum Gasteiger partial charge on any atom is -0.361 e. The van der Waals surface area contributed by atoms with E-state index in [1.54, 1.807) is 0 Å².